The molecule has 1 atom stereocenters. The quantitative estimate of drug-likeness (QED) is 0.737. The molecular formula is C19H24N2O2. The summed E-state index contributed by atoms with van der Waals surface area (Å²) in [5.74, 6) is 0.854. The van der Waals surface area contributed by atoms with Crippen molar-refractivity contribution in [2.45, 2.75) is 25.3 Å². The summed E-state index contributed by atoms with van der Waals surface area (Å²) in [6, 6.07) is 17.4. The van der Waals surface area contributed by atoms with Crippen LogP contribution in [0.2, 0.25) is 0 Å². The molecule has 0 bridgehead atoms. The van der Waals surface area contributed by atoms with Gasteiger partial charge in [-0.1, -0.05) is 42.5 Å². The van der Waals surface area contributed by atoms with E-state index in [1.807, 2.05) is 48.5 Å². The van der Waals surface area contributed by atoms with E-state index in [1.165, 1.54) is 5.56 Å². The van der Waals surface area contributed by atoms with Crippen molar-refractivity contribution in [3.63, 3.8) is 0 Å². The molecule has 23 heavy (non-hydrogen) atoms. The van der Waals surface area contributed by atoms with E-state index in [9.17, 15) is 4.79 Å². The van der Waals surface area contributed by atoms with Crippen LogP contribution in [0.25, 0.3) is 0 Å². The maximum Gasteiger partial charge on any atom is 0.221 e. The van der Waals surface area contributed by atoms with Crippen molar-refractivity contribution in [3.8, 4) is 5.75 Å². The van der Waals surface area contributed by atoms with Gasteiger partial charge in [0.2, 0.25) is 5.91 Å². The first-order valence-electron chi connectivity index (χ1n) is 7.89. The standard InChI is InChI=1S/C19H24N2O2/c1-23-17-11-5-7-15(13-17)8-6-12-21-19(22)14-18(20)16-9-3-2-4-10-16/h2-5,7,9-11,13,18H,6,8,12,14,20H2,1H3,(H,21,22). The van der Waals surface area contributed by atoms with Gasteiger partial charge in [-0.3, -0.25) is 4.79 Å². The topological polar surface area (TPSA) is 64.3 Å². The highest BCUT2D eigenvalue weighted by molar-refractivity contribution is 5.76. The smallest absolute Gasteiger partial charge is 0.221 e. The number of nitrogens with two attached hydrogens (primary N) is 1. The number of benzene rings is 2. The third kappa shape index (κ3) is 5.75. The summed E-state index contributed by atoms with van der Waals surface area (Å²) in [6.45, 7) is 0.650. The number of hydrogen-bond acceptors (Lipinski definition) is 3. The second-order valence-electron chi connectivity index (χ2n) is 5.53. The van der Waals surface area contributed by atoms with Gasteiger partial charge in [0.25, 0.3) is 0 Å². The third-order valence-corrected chi connectivity index (χ3v) is 3.73. The molecule has 2 aromatic carbocycles. The van der Waals surface area contributed by atoms with Crippen LogP contribution in [0.3, 0.4) is 0 Å². The monoisotopic (exact) mass is 312 g/mol. The minimum absolute atomic E-state index is 0.00741. The molecule has 122 valence electrons. The molecule has 1 unspecified atom stereocenters. The average Bonchev–Trinajstić information content (AvgIpc) is 2.59. The highest BCUT2D eigenvalue weighted by Gasteiger charge is 2.10. The Kier molecular flexibility index (Phi) is 6.63. The maximum atomic E-state index is 11.9. The predicted octanol–water partition coefficient (Wildman–Crippen LogP) is 2.83. The van der Waals surface area contributed by atoms with E-state index in [4.69, 9.17) is 10.5 Å². The van der Waals surface area contributed by atoms with E-state index in [0.717, 1.165) is 24.2 Å². The number of hydrogen-bond donors (Lipinski definition) is 2. The fourth-order valence-corrected chi connectivity index (χ4v) is 2.44. The zero-order chi connectivity index (χ0) is 16.5. The average molecular weight is 312 g/mol. The maximum absolute atomic E-state index is 11.9. The van der Waals surface area contributed by atoms with Crippen molar-refractivity contribution in [2.75, 3.05) is 13.7 Å². The second-order valence-corrected chi connectivity index (χ2v) is 5.53. The summed E-state index contributed by atoms with van der Waals surface area (Å²) >= 11 is 0. The molecule has 3 N–H and O–H groups in total. The molecule has 0 aliphatic carbocycles. The first kappa shape index (κ1) is 17.0. The molecule has 0 heterocycles. The number of rotatable bonds is 8. The Hall–Kier alpha value is -2.33. The number of amides is 1. The molecule has 0 saturated carbocycles. The Bertz CT molecular complexity index is 614. The molecular weight excluding hydrogens is 288 g/mol. The van der Waals surface area contributed by atoms with E-state index in [0.29, 0.717) is 13.0 Å². The summed E-state index contributed by atoms with van der Waals surface area (Å²) < 4.78 is 5.20. The molecule has 4 heteroatoms. The van der Waals surface area contributed by atoms with Crippen molar-refractivity contribution in [1.29, 1.82) is 0 Å². The van der Waals surface area contributed by atoms with Crippen LogP contribution in [0.5, 0.6) is 5.75 Å². The molecule has 1 amide bonds. The van der Waals surface area contributed by atoms with Crippen LogP contribution in [0.4, 0.5) is 0 Å². The SMILES string of the molecule is COc1cccc(CCCNC(=O)CC(N)c2ccccc2)c1. The molecule has 2 rings (SSSR count). The number of nitrogens with one attached hydrogen (secondary N) is 1. The molecule has 0 spiro atoms. The molecule has 0 fully saturated rings. The number of aryl methyl sites for hydroxylation is 1. The Labute approximate surface area is 137 Å². The molecule has 0 saturated heterocycles. The van der Waals surface area contributed by atoms with Crippen LogP contribution < -0.4 is 15.8 Å². The molecule has 2 aromatic rings. The van der Waals surface area contributed by atoms with E-state index >= 15 is 0 Å². The lowest BCUT2D eigenvalue weighted by Gasteiger charge is -2.12. The van der Waals surface area contributed by atoms with Gasteiger partial charge in [0.05, 0.1) is 7.11 Å². The highest BCUT2D eigenvalue weighted by Crippen LogP contribution is 2.14. The predicted molar refractivity (Wildman–Crippen MR) is 92.3 cm³/mol. The number of carbonyl (C=O) groups is 1. The van der Waals surface area contributed by atoms with Gasteiger partial charge in [-0.2, -0.15) is 0 Å². The van der Waals surface area contributed by atoms with Crippen LogP contribution >= 0.6 is 0 Å². The minimum Gasteiger partial charge on any atom is -0.497 e. The zero-order valence-electron chi connectivity index (χ0n) is 13.5. The normalized spacial score (nSPS) is 11.7. The molecule has 4 nitrogen and oxygen atoms in total. The van der Waals surface area contributed by atoms with Crippen molar-refractivity contribution < 1.29 is 9.53 Å². The Morgan fingerprint density at radius 3 is 2.70 bits per heavy atom. The van der Waals surface area contributed by atoms with Gasteiger partial charge in [-0.15, -0.1) is 0 Å². The number of carbonyl (C=O) groups excluding carboxylic acids is 1. The molecule has 0 aromatic heterocycles. The van der Waals surface area contributed by atoms with Crippen LogP contribution in [0.1, 0.15) is 30.0 Å². The van der Waals surface area contributed by atoms with Gasteiger partial charge < -0.3 is 15.8 Å². The van der Waals surface area contributed by atoms with Crippen LogP contribution in [0, 0.1) is 0 Å². The minimum atomic E-state index is -0.255. The van der Waals surface area contributed by atoms with Crippen molar-refractivity contribution in [3.05, 3.63) is 65.7 Å². The zero-order valence-corrected chi connectivity index (χ0v) is 13.5. The van der Waals surface area contributed by atoms with Gasteiger partial charge in [0, 0.05) is 19.0 Å². The van der Waals surface area contributed by atoms with Crippen LogP contribution in [0.15, 0.2) is 54.6 Å². The Balaban J connectivity index is 1.68. The van der Waals surface area contributed by atoms with E-state index in [-0.39, 0.29) is 11.9 Å². The van der Waals surface area contributed by atoms with Gasteiger partial charge in [-0.25, -0.2) is 0 Å². The van der Waals surface area contributed by atoms with E-state index < -0.39 is 0 Å². The lowest BCUT2D eigenvalue weighted by Crippen LogP contribution is -2.28. The van der Waals surface area contributed by atoms with Crippen LogP contribution in [-0.2, 0) is 11.2 Å². The molecule has 0 radical (unpaired) electrons. The first-order valence-corrected chi connectivity index (χ1v) is 7.89. The summed E-state index contributed by atoms with van der Waals surface area (Å²) in [5, 5.41) is 2.93. The third-order valence-electron chi connectivity index (χ3n) is 3.73. The molecule has 0 aliphatic heterocycles. The fraction of sp³-hybridized carbons (Fsp3) is 0.316. The Morgan fingerprint density at radius 2 is 1.96 bits per heavy atom. The lowest BCUT2D eigenvalue weighted by atomic mass is 10.0. The van der Waals surface area contributed by atoms with E-state index in [1.54, 1.807) is 7.11 Å². The van der Waals surface area contributed by atoms with Gasteiger partial charge >= 0.3 is 0 Å². The summed E-state index contributed by atoms with van der Waals surface area (Å²) in [4.78, 5) is 11.9. The Morgan fingerprint density at radius 1 is 1.17 bits per heavy atom. The van der Waals surface area contributed by atoms with Gasteiger partial charge in [-0.05, 0) is 36.1 Å². The summed E-state index contributed by atoms with van der Waals surface area (Å²) in [7, 11) is 1.66. The largest absolute Gasteiger partial charge is 0.497 e. The first-order chi connectivity index (χ1) is 11.2. The number of methoxy groups -OCH3 is 1. The summed E-state index contributed by atoms with van der Waals surface area (Å²) in [6.07, 6.45) is 2.10. The second kappa shape index (κ2) is 8.96. The van der Waals surface area contributed by atoms with E-state index in [2.05, 4.69) is 11.4 Å². The summed E-state index contributed by atoms with van der Waals surface area (Å²) in [5.41, 5.74) is 8.24. The van der Waals surface area contributed by atoms with Gasteiger partial charge in [0.1, 0.15) is 5.75 Å². The fourth-order valence-electron chi connectivity index (χ4n) is 2.44. The lowest BCUT2D eigenvalue weighted by molar-refractivity contribution is -0.121. The van der Waals surface area contributed by atoms with Crippen LogP contribution in [-0.4, -0.2) is 19.6 Å². The number of ether oxygens (including phenoxy) is 1. The highest BCUT2D eigenvalue weighted by atomic mass is 16.5. The van der Waals surface area contributed by atoms with Crippen molar-refractivity contribution >= 4 is 5.91 Å². The van der Waals surface area contributed by atoms with Crippen molar-refractivity contribution in [1.82, 2.24) is 5.32 Å². The van der Waals surface area contributed by atoms with Gasteiger partial charge in [0.15, 0.2) is 0 Å². The van der Waals surface area contributed by atoms with Crippen molar-refractivity contribution in [2.24, 2.45) is 5.73 Å². The molecule has 0 aliphatic rings.